The first-order valence-electron chi connectivity index (χ1n) is 7.43. The summed E-state index contributed by atoms with van der Waals surface area (Å²) in [6, 6.07) is 15.2. The Balaban J connectivity index is 1.95. The summed E-state index contributed by atoms with van der Waals surface area (Å²) in [7, 11) is 0. The maximum absolute atomic E-state index is 6.24. The van der Waals surface area contributed by atoms with E-state index in [4.69, 9.17) is 4.74 Å². The number of fused-ring (bicyclic) bond motifs is 1. The Kier molecular flexibility index (Phi) is 4.32. The monoisotopic (exact) mass is 345 g/mol. The van der Waals surface area contributed by atoms with Gasteiger partial charge in [0.1, 0.15) is 11.9 Å². The van der Waals surface area contributed by atoms with Gasteiger partial charge in [-0.1, -0.05) is 52.7 Å². The molecule has 3 rings (SSSR count). The van der Waals surface area contributed by atoms with E-state index >= 15 is 0 Å². The van der Waals surface area contributed by atoms with Crippen LogP contribution >= 0.6 is 15.9 Å². The standard InChI is InChI=1S/C18H20BrNO/c1-3-20-16-11-18(13-5-4-6-14(19)10-13)21-17-8-7-12(2)9-15(16)17/h4-10,16,18,20H,3,11H2,1-2H3. The molecule has 110 valence electrons. The maximum atomic E-state index is 6.24. The van der Waals surface area contributed by atoms with Crippen molar-refractivity contribution in [3.63, 3.8) is 0 Å². The summed E-state index contributed by atoms with van der Waals surface area (Å²) >= 11 is 3.54. The highest BCUT2D eigenvalue weighted by Crippen LogP contribution is 2.41. The zero-order valence-corrected chi connectivity index (χ0v) is 14.0. The van der Waals surface area contributed by atoms with Crippen molar-refractivity contribution in [2.24, 2.45) is 0 Å². The van der Waals surface area contributed by atoms with E-state index in [1.54, 1.807) is 0 Å². The van der Waals surface area contributed by atoms with Gasteiger partial charge in [0.2, 0.25) is 0 Å². The summed E-state index contributed by atoms with van der Waals surface area (Å²) in [6.07, 6.45) is 1.06. The molecule has 0 spiro atoms. The van der Waals surface area contributed by atoms with Crippen LogP contribution in [0.15, 0.2) is 46.9 Å². The Morgan fingerprint density at radius 3 is 2.86 bits per heavy atom. The van der Waals surface area contributed by atoms with Crippen LogP contribution in [0.2, 0.25) is 0 Å². The van der Waals surface area contributed by atoms with Gasteiger partial charge in [-0.25, -0.2) is 0 Å². The number of nitrogens with one attached hydrogen (secondary N) is 1. The Morgan fingerprint density at radius 1 is 1.24 bits per heavy atom. The van der Waals surface area contributed by atoms with E-state index in [1.165, 1.54) is 16.7 Å². The molecule has 1 aliphatic rings. The van der Waals surface area contributed by atoms with Crippen LogP contribution in [0.25, 0.3) is 0 Å². The molecule has 0 radical (unpaired) electrons. The lowest BCUT2D eigenvalue weighted by atomic mass is 9.92. The summed E-state index contributed by atoms with van der Waals surface area (Å²) in [5.74, 6) is 1.00. The molecule has 0 saturated carbocycles. The van der Waals surface area contributed by atoms with Crippen molar-refractivity contribution in [1.82, 2.24) is 5.32 Å². The lowest BCUT2D eigenvalue weighted by molar-refractivity contribution is 0.152. The molecule has 21 heavy (non-hydrogen) atoms. The van der Waals surface area contributed by atoms with Gasteiger partial charge in [-0.2, -0.15) is 0 Å². The molecule has 2 unspecified atom stereocenters. The number of aryl methyl sites for hydroxylation is 1. The SMILES string of the molecule is CCNC1CC(c2cccc(Br)c2)Oc2ccc(C)cc21. The van der Waals surface area contributed by atoms with E-state index in [0.29, 0.717) is 6.04 Å². The van der Waals surface area contributed by atoms with Gasteiger partial charge >= 0.3 is 0 Å². The molecular formula is C18H20BrNO. The van der Waals surface area contributed by atoms with Gasteiger partial charge in [-0.3, -0.25) is 0 Å². The fraction of sp³-hybridized carbons (Fsp3) is 0.333. The predicted molar refractivity (Wildman–Crippen MR) is 89.7 cm³/mol. The third kappa shape index (κ3) is 3.14. The molecule has 1 aliphatic heterocycles. The fourth-order valence-electron chi connectivity index (χ4n) is 2.94. The predicted octanol–water partition coefficient (Wildman–Crippen LogP) is 4.93. The molecule has 2 aromatic rings. The molecule has 3 heteroatoms. The van der Waals surface area contributed by atoms with Crippen LogP contribution < -0.4 is 10.1 Å². The fourth-order valence-corrected chi connectivity index (χ4v) is 3.36. The van der Waals surface area contributed by atoms with E-state index in [9.17, 15) is 0 Å². The van der Waals surface area contributed by atoms with E-state index in [-0.39, 0.29) is 6.10 Å². The summed E-state index contributed by atoms with van der Waals surface area (Å²) in [4.78, 5) is 0. The van der Waals surface area contributed by atoms with Crippen molar-refractivity contribution in [1.29, 1.82) is 0 Å². The summed E-state index contributed by atoms with van der Waals surface area (Å²) < 4.78 is 7.34. The number of hydrogen-bond donors (Lipinski definition) is 1. The number of hydrogen-bond acceptors (Lipinski definition) is 2. The highest BCUT2D eigenvalue weighted by Gasteiger charge is 2.28. The molecule has 1 N–H and O–H groups in total. The molecular weight excluding hydrogens is 326 g/mol. The molecule has 2 atom stereocenters. The van der Waals surface area contributed by atoms with E-state index in [1.807, 2.05) is 6.07 Å². The zero-order valence-electron chi connectivity index (χ0n) is 12.4. The lowest BCUT2D eigenvalue weighted by Crippen LogP contribution is -2.29. The lowest BCUT2D eigenvalue weighted by Gasteiger charge is -2.33. The average molecular weight is 346 g/mol. The van der Waals surface area contributed by atoms with Gasteiger partial charge in [-0.15, -0.1) is 0 Å². The Labute approximate surface area is 134 Å². The largest absolute Gasteiger partial charge is 0.485 e. The summed E-state index contributed by atoms with van der Waals surface area (Å²) in [5.41, 5.74) is 3.78. The number of benzene rings is 2. The third-order valence-corrected chi connectivity index (χ3v) is 4.42. The average Bonchev–Trinajstić information content (AvgIpc) is 2.48. The zero-order chi connectivity index (χ0) is 14.8. The van der Waals surface area contributed by atoms with Gasteiger partial charge in [0.25, 0.3) is 0 Å². The van der Waals surface area contributed by atoms with E-state index in [2.05, 4.69) is 71.5 Å². The van der Waals surface area contributed by atoms with Crippen molar-refractivity contribution in [2.75, 3.05) is 6.54 Å². The highest BCUT2D eigenvalue weighted by molar-refractivity contribution is 9.10. The van der Waals surface area contributed by atoms with Crippen molar-refractivity contribution in [3.05, 3.63) is 63.6 Å². The Morgan fingerprint density at radius 2 is 2.10 bits per heavy atom. The maximum Gasteiger partial charge on any atom is 0.126 e. The van der Waals surface area contributed by atoms with Crippen molar-refractivity contribution >= 4 is 15.9 Å². The molecule has 2 aromatic carbocycles. The van der Waals surface area contributed by atoms with Crippen molar-refractivity contribution in [3.8, 4) is 5.75 Å². The first kappa shape index (κ1) is 14.6. The molecule has 0 amide bonds. The van der Waals surface area contributed by atoms with Gasteiger partial charge in [0.15, 0.2) is 0 Å². The highest BCUT2D eigenvalue weighted by atomic mass is 79.9. The minimum atomic E-state index is 0.0988. The van der Waals surface area contributed by atoms with Crippen molar-refractivity contribution < 1.29 is 4.74 Å². The molecule has 0 fully saturated rings. The molecule has 2 nitrogen and oxygen atoms in total. The second-order valence-corrected chi connectivity index (χ2v) is 6.46. The van der Waals surface area contributed by atoms with Crippen LogP contribution in [0.1, 0.15) is 42.2 Å². The van der Waals surface area contributed by atoms with Crippen LogP contribution in [-0.2, 0) is 0 Å². The van der Waals surface area contributed by atoms with Crippen LogP contribution in [0, 0.1) is 6.92 Å². The minimum Gasteiger partial charge on any atom is -0.485 e. The number of halogens is 1. The third-order valence-electron chi connectivity index (χ3n) is 3.93. The molecule has 0 aliphatic carbocycles. The second-order valence-electron chi connectivity index (χ2n) is 5.55. The number of rotatable bonds is 3. The van der Waals surface area contributed by atoms with E-state index < -0.39 is 0 Å². The van der Waals surface area contributed by atoms with Crippen LogP contribution in [-0.4, -0.2) is 6.54 Å². The normalized spacial score (nSPS) is 20.7. The van der Waals surface area contributed by atoms with E-state index in [0.717, 1.165) is 23.2 Å². The van der Waals surface area contributed by atoms with Gasteiger partial charge < -0.3 is 10.1 Å². The summed E-state index contributed by atoms with van der Waals surface area (Å²) in [5, 5.41) is 3.59. The van der Waals surface area contributed by atoms with Gasteiger partial charge in [-0.05, 0) is 37.2 Å². The first-order chi connectivity index (χ1) is 10.2. The minimum absolute atomic E-state index is 0.0988. The molecule has 1 heterocycles. The van der Waals surface area contributed by atoms with Gasteiger partial charge in [0.05, 0.1) is 0 Å². The Hall–Kier alpha value is -1.32. The molecule has 0 saturated heterocycles. The van der Waals surface area contributed by atoms with Crippen molar-refractivity contribution in [2.45, 2.75) is 32.4 Å². The Bertz CT molecular complexity index is 641. The number of ether oxygens (including phenoxy) is 1. The molecule has 0 aromatic heterocycles. The quantitative estimate of drug-likeness (QED) is 0.851. The summed E-state index contributed by atoms with van der Waals surface area (Å²) in [6.45, 7) is 5.24. The van der Waals surface area contributed by atoms with Crippen LogP contribution in [0.3, 0.4) is 0 Å². The molecule has 0 bridgehead atoms. The van der Waals surface area contributed by atoms with Crippen LogP contribution in [0.4, 0.5) is 0 Å². The van der Waals surface area contributed by atoms with Crippen LogP contribution in [0.5, 0.6) is 5.75 Å². The first-order valence-corrected chi connectivity index (χ1v) is 8.22. The smallest absolute Gasteiger partial charge is 0.126 e. The van der Waals surface area contributed by atoms with Gasteiger partial charge in [0, 0.05) is 22.5 Å². The topological polar surface area (TPSA) is 21.3 Å². The second kappa shape index (κ2) is 6.20.